The first-order chi connectivity index (χ1) is 13.4. The average molecular weight is 390 g/mol. The molecule has 0 atom stereocenters. The summed E-state index contributed by atoms with van der Waals surface area (Å²) in [5.74, 6) is 0.187. The molecule has 1 aliphatic heterocycles. The summed E-state index contributed by atoms with van der Waals surface area (Å²) in [6.07, 6.45) is 0.485. The number of methoxy groups -OCH3 is 3. The van der Waals surface area contributed by atoms with Gasteiger partial charge in [0, 0.05) is 37.7 Å². The number of aryl methyl sites for hydroxylation is 1. The molecular formula is C18H22N4O6. The second-order valence-electron chi connectivity index (χ2n) is 6.22. The molecule has 2 N–H and O–H groups in total. The molecular weight excluding hydrogens is 368 g/mol. The molecule has 0 fully saturated rings. The van der Waals surface area contributed by atoms with Crippen LogP contribution in [0.4, 0.5) is 10.5 Å². The molecule has 150 valence electrons. The predicted octanol–water partition coefficient (Wildman–Crippen LogP) is 1.73. The highest BCUT2D eigenvalue weighted by molar-refractivity contribution is 5.91. The molecule has 2 aromatic rings. The molecule has 28 heavy (non-hydrogen) atoms. The van der Waals surface area contributed by atoms with Gasteiger partial charge in [-0.3, -0.25) is 4.68 Å². The van der Waals surface area contributed by atoms with Gasteiger partial charge in [0.05, 0.1) is 39.3 Å². The van der Waals surface area contributed by atoms with Crippen LogP contribution in [0.2, 0.25) is 0 Å². The van der Waals surface area contributed by atoms with Crippen molar-refractivity contribution in [3.8, 4) is 17.2 Å². The zero-order chi connectivity index (χ0) is 20.4. The number of fused-ring (bicyclic) bond motifs is 1. The summed E-state index contributed by atoms with van der Waals surface area (Å²) in [6.45, 7) is 0.598. The Morgan fingerprint density at radius 2 is 1.79 bits per heavy atom. The summed E-state index contributed by atoms with van der Waals surface area (Å²) in [5.41, 5.74) is 1.83. The van der Waals surface area contributed by atoms with Gasteiger partial charge < -0.3 is 29.5 Å². The Morgan fingerprint density at radius 1 is 1.14 bits per heavy atom. The minimum Gasteiger partial charge on any atom is -0.493 e. The van der Waals surface area contributed by atoms with E-state index in [4.69, 9.17) is 14.2 Å². The summed E-state index contributed by atoms with van der Waals surface area (Å²) in [6, 6.07) is 2.89. The van der Waals surface area contributed by atoms with Gasteiger partial charge in [-0.2, -0.15) is 5.10 Å². The van der Waals surface area contributed by atoms with E-state index in [1.54, 1.807) is 24.1 Å². The smallest absolute Gasteiger partial charge is 0.354 e. The van der Waals surface area contributed by atoms with E-state index in [0.717, 1.165) is 0 Å². The highest BCUT2D eigenvalue weighted by Crippen LogP contribution is 2.40. The molecule has 1 aliphatic rings. The number of hydrogen-bond acceptors (Lipinski definition) is 6. The van der Waals surface area contributed by atoms with Gasteiger partial charge in [0.1, 0.15) is 0 Å². The van der Waals surface area contributed by atoms with Gasteiger partial charge in [0.2, 0.25) is 5.75 Å². The van der Waals surface area contributed by atoms with Gasteiger partial charge in [-0.15, -0.1) is 0 Å². The zero-order valence-electron chi connectivity index (χ0n) is 16.1. The first-order valence-electron chi connectivity index (χ1n) is 8.53. The van der Waals surface area contributed by atoms with Crippen molar-refractivity contribution in [1.29, 1.82) is 0 Å². The van der Waals surface area contributed by atoms with Crippen LogP contribution >= 0.6 is 0 Å². The Morgan fingerprint density at radius 3 is 2.32 bits per heavy atom. The second-order valence-corrected chi connectivity index (χ2v) is 6.22. The van der Waals surface area contributed by atoms with Crippen LogP contribution in [-0.2, 0) is 20.0 Å². The predicted molar refractivity (Wildman–Crippen MR) is 99.4 cm³/mol. The topological polar surface area (TPSA) is 115 Å². The van der Waals surface area contributed by atoms with Gasteiger partial charge >= 0.3 is 12.0 Å². The number of benzene rings is 1. The molecule has 10 heteroatoms. The van der Waals surface area contributed by atoms with Crippen LogP contribution in [0, 0.1) is 0 Å². The van der Waals surface area contributed by atoms with Crippen molar-refractivity contribution in [1.82, 2.24) is 14.7 Å². The monoisotopic (exact) mass is 390 g/mol. The van der Waals surface area contributed by atoms with Crippen LogP contribution in [0.3, 0.4) is 0 Å². The van der Waals surface area contributed by atoms with E-state index in [-0.39, 0.29) is 18.3 Å². The van der Waals surface area contributed by atoms with Gasteiger partial charge in [-0.1, -0.05) is 0 Å². The number of amides is 2. The number of ether oxygens (including phenoxy) is 3. The number of carbonyl (C=O) groups is 2. The number of nitrogens with one attached hydrogen (secondary N) is 1. The van der Waals surface area contributed by atoms with Crippen molar-refractivity contribution in [2.45, 2.75) is 13.0 Å². The first-order valence-corrected chi connectivity index (χ1v) is 8.53. The van der Waals surface area contributed by atoms with Crippen LogP contribution in [0.5, 0.6) is 17.2 Å². The van der Waals surface area contributed by atoms with Crippen LogP contribution in [-0.4, -0.2) is 59.7 Å². The summed E-state index contributed by atoms with van der Waals surface area (Å²) in [7, 11) is 6.07. The molecule has 0 spiro atoms. The Balaban J connectivity index is 1.82. The third-order valence-corrected chi connectivity index (χ3v) is 4.60. The molecule has 2 amide bonds. The minimum absolute atomic E-state index is 0.0975. The van der Waals surface area contributed by atoms with E-state index in [9.17, 15) is 14.7 Å². The number of carboxylic acid groups (broad SMARTS) is 1. The fourth-order valence-electron chi connectivity index (χ4n) is 3.30. The number of carbonyl (C=O) groups excluding carboxylic acids is 1. The lowest BCUT2D eigenvalue weighted by atomic mass is 10.1. The van der Waals surface area contributed by atoms with E-state index < -0.39 is 5.97 Å². The van der Waals surface area contributed by atoms with E-state index in [1.807, 2.05) is 0 Å². The molecule has 0 saturated heterocycles. The molecule has 0 unspecified atom stereocenters. The maximum Gasteiger partial charge on any atom is 0.354 e. The summed E-state index contributed by atoms with van der Waals surface area (Å²) >= 11 is 0. The fourth-order valence-corrected chi connectivity index (χ4v) is 3.30. The van der Waals surface area contributed by atoms with Gasteiger partial charge in [0.25, 0.3) is 0 Å². The van der Waals surface area contributed by atoms with Crippen molar-refractivity contribution in [2.75, 3.05) is 33.2 Å². The summed E-state index contributed by atoms with van der Waals surface area (Å²) in [4.78, 5) is 25.8. The third kappa shape index (κ3) is 3.40. The number of aromatic carboxylic acids is 1. The normalized spacial score (nSPS) is 12.9. The summed E-state index contributed by atoms with van der Waals surface area (Å²) < 4.78 is 17.2. The fraction of sp³-hybridized carbons (Fsp3) is 0.389. The number of carboxylic acids is 1. The maximum absolute atomic E-state index is 12.7. The molecule has 3 rings (SSSR count). The largest absolute Gasteiger partial charge is 0.493 e. The lowest BCUT2D eigenvalue weighted by molar-refractivity contribution is 0.0682. The summed E-state index contributed by atoms with van der Waals surface area (Å²) in [5, 5.41) is 16.5. The Hall–Kier alpha value is -3.43. The molecule has 10 nitrogen and oxygen atoms in total. The number of aromatic nitrogens is 2. The van der Waals surface area contributed by atoms with Crippen molar-refractivity contribution in [3.05, 3.63) is 29.1 Å². The highest BCUT2D eigenvalue weighted by Gasteiger charge is 2.29. The number of nitrogens with zero attached hydrogens (tertiary/aromatic N) is 3. The second kappa shape index (κ2) is 7.67. The Labute approximate surface area is 161 Å². The van der Waals surface area contributed by atoms with Crippen molar-refractivity contribution in [2.24, 2.45) is 7.05 Å². The van der Waals surface area contributed by atoms with Crippen LogP contribution in [0.1, 0.15) is 21.7 Å². The average Bonchev–Trinajstić information content (AvgIpc) is 3.01. The number of hydrogen-bond donors (Lipinski definition) is 2. The third-order valence-electron chi connectivity index (χ3n) is 4.60. The zero-order valence-corrected chi connectivity index (χ0v) is 16.1. The van der Waals surface area contributed by atoms with Crippen molar-refractivity contribution < 1.29 is 28.9 Å². The van der Waals surface area contributed by atoms with E-state index >= 15 is 0 Å². The van der Waals surface area contributed by atoms with Crippen molar-refractivity contribution >= 4 is 17.7 Å². The van der Waals surface area contributed by atoms with Crippen molar-refractivity contribution in [3.63, 3.8) is 0 Å². The Kier molecular flexibility index (Phi) is 5.30. The lowest BCUT2D eigenvalue weighted by Gasteiger charge is -2.27. The number of rotatable bonds is 5. The quantitative estimate of drug-likeness (QED) is 0.799. The SMILES string of the molecule is COc1cc(NC(=O)N2CCc3nn(C)c(C(=O)O)c3C2)cc(OC)c1OC. The lowest BCUT2D eigenvalue weighted by Crippen LogP contribution is -2.39. The molecule has 0 radical (unpaired) electrons. The molecule has 0 aliphatic carbocycles. The van der Waals surface area contributed by atoms with Crippen LogP contribution < -0.4 is 19.5 Å². The Bertz CT molecular complexity index is 898. The maximum atomic E-state index is 12.7. The first kappa shape index (κ1) is 19.3. The number of anilines is 1. The molecule has 1 aromatic carbocycles. The van der Waals surface area contributed by atoms with Crippen LogP contribution in [0.15, 0.2) is 12.1 Å². The number of urea groups is 1. The van der Waals surface area contributed by atoms with Crippen LogP contribution in [0.25, 0.3) is 0 Å². The van der Waals surface area contributed by atoms with E-state index in [2.05, 4.69) is 10.4 Å². The molecule has 0 saturated carbocycles. The highest BCUT2D eigenvalue weighted by atomic mass is 16.5. The van der Waals surface area contributed by atoms with E-state index in [0.29, 0.717) is 47.2 Å². The molecule has 1 aromatic heterocycles. The minimum atomic E-state index is -1.07. The van der Waals surface area contributed by atoms with Gasteiger partial charge in [-0.05, 0) is 0 Å². The van der Waals surface area contributed by atoms with Gasteiger partial charge in [-0.25, -0.2) is 9.59 Å². The van der Waals surface area contributed by atoms with E-state index in [1.165, 1.54) is 26.0 Å². The molecule has 0 bridgehead atoms. The molecule has 2 heterocycles. The standard InChI is InChI=1S/C18H22N4O6/c1-21-15(17(23)24)11-9-22(6-5-12(11)20-21)18(25)19-10-7-13(26-2)16(28-4)14(8-10)27-3/h7-8H,5-6,9H2,1-4H3,(H,19,25)(H,23,24). The van der Waals surface area contributed by atoms with Gasteiger partial charge in [0.15, 0.2) is 17.2 Å².